The zero-order chi connectivity index (χ0) is 18.8. The van der Waals surface area contributed by atoms with Gasteiger partial charge in [-0.3, -0.25) is 9.78 Å². The molecule has 0 aliphatic carbocycles. The number of hydrogen-bond donors (Lipinski definition) is 0. The lowest BCUT2D eigenvalue weighted by Crippen LogP contribution is -2.14. The number of pyridine rings is 1. The molecule has 1 aromatic carbocycles. The minimum atomic E-state index is -3.67. The molecule has 1 heterocycles. The van der Waals surface area contributed by atoms with E-state index in [4.69, 9.17) is 0 Å². The molecule has 0 radical (unpaired) electrons. The number of carbonyl (C=O) groups excluding carboxylic acids is 1. The number of aromatic nitrogens is 1. The summed E-state index contributed by atoms with van der Waals surface area (Å²) in [5, 5.41) is -0.0497. The number of hydrogen-bond acceptors (Lipinski definition) is 4. The maximum atomic E-state index is 13.3. The highest BCUT2D eigenvalue weighted by molar-refractivity contribution is 9.09. The summed E-state index contributed by atoms with van der Waals surface area (Å²) in [7, 11) is -3.67. The summed E-state index contributed by atoms with van der Waals surface area (Å²) in [5.41, 5.74) is 0.700. The summed E-state index contributed by atoms with van der Waals surface area (Å²) in [6.45, 7) is 2.28. The Morgan fingerprint density at radius 1 is 1.20 bits per heavy atom. The number of alkyl halides is 3. The van der Waals surface area contributed by atoms with E-state index in [1.54, 1.807) is 0 Å². The Morgan fingerprint density at radius 2 is 1.80 bits per heavy atom. The van der Waals surface area contributed by atoms with Gasteiger partial charge in [0.1, 0.15) is 5.69 Å². The lowest BCUT2D eigenvalue weighted by Gasteiger charge is -2.12. The van der Waals surface area contributed by atoms with Crippen LogP contribution in [-0.2, 0) is 15.8 Å². The number of sulfone groups is 1. The molecule has 0 atom stereocenters. The van der Waals surface area contributed by atoms with Gasteiger partial charge in [0.2, 0.25) is 0 Å². The fraction of sp³-hybridized carbons (Fsp3) is 0.294. The van der Waals surface area contributed by atoms with Crippen molar-refractivity contribution < 1.29 is 22.0 Å². The van der Waals surface area contributed by atoms with Gasteiger partial charge in [0, 0.05) is 24.2 Å². The standard InChI is InChI=1S/C17H16BrF2NO3S/c1-3-25(23,24)15-8-12(10-21-16(15)14(22)9-18)11-4-6-13(7-5-11)17(2,19)20/h4-8,10H,3,9H2,1-2H3. The van der Waals surface area contributed by atoms with Crippen LogP contribution >= 0.6 is 15.9 Å². The van der Waals surface area contributed by atoms with E-state index in [0.29, 0.717) is 11.1 Å². The van der Waals surface area contributed by atoms with E-state index < -0.39 is 21.5 Å². The van der Waals surface area contributed by atoms with Crippen LogP contribution in [0.25, 0.3) is 11.1 Å². The third kappa shape index (κ3) is 4.30. The Kier molecular flexibility index (Phi) is 5.73. The van der Waals surface area contributed by atoms with E-state index in [9.17, 15) is 22.0 Å². The Morgan fingerprint density at radius 3 is 2.28 bits per heavy atom. The van der Waals surface area contributed by atoms with E-state index in [2.05, 4.69) is 20.9 Å². The lowest BCUT2D eigenvalue weighted by atomic mass is 10.0. The third-order valence-corrected chi connectivity index (χ3v) is 5.93. The molecular weight excluding hydrogens is 416 g/mol. The van der Waals surface area contributed by atoms with Gasteiger partial charge in [-0.05, 0) is 11.6 Å². The normalized spacial score (nSPS) is 12.2. The maximum Gasteiger partial charge on any atom is 0.270 e. The van der Waals surface area contributed by atoms with Crippen molar-refractivity contribution in [2.75, 3.05) is 11.1 Å². The molecule has 0 saturated carbocycles. The average Bonchev–Trinajstić information content (AvgIpc) is 2.60. The van der Waals surface area contributed by atoms with Crippen LogP contribution in [0.4, 0.5) is 8.78 Å². The second-order valence-electron chi connectivity index (χ2n) is 5.50. The van der Waals surface area contributed by atoms with Gasteiger partial charge in [-0.2, -0.15) is 0 Å². The van der Waals surface area contributed by atoms with Crippen molar-refractivity contribution in [1.82, 2.24) is 4.98 Å². The van der Waals surface area contributed by atoms with Gasteiger partial charge >= 0.3 is 0 Å². The highest BCUT2D eigenvalue weighted by atomic mass is 79.9. The highest BCUT2D eigenvalue weighted by Gasteiger charge is 2.25. The number of carbonyl (C=O) groups is 1. The van der Waals surface area contributed by atoms with E-state index in [0.717, 1.165) is 6.92 Å². The molecule has 0 aliphatic heterocycles. The maximum absolute atomic E-state index is 13.3. The molecule has 8 heteroatoms. The van der Waals surface area contributed by atoms with E-state index in [-0.39, 0.29) is 27.2 Å². The molecule has 0 fully saturated rings. The van der Waals surface area contributed by atoms with Crippen LogP contribution in [0.3, 0.4) is 0 Å². The Labute approximate surface area is 153 Å². The van der Waals surface area contributed by atoms with Crippen molar-refractivity contribution in [3.8, 4) is 11.1 Å². The van der Waals surface area contributed by atoms with Crippen molar-refractivity contribution >= 4 is 31.6 Å². The fourth-order valence-electron chi connectivity index (χ4n) is 2.22. The quantitative estimate of drug-likeness (QED) is 0.506. The molecule has 2 rings (SSSR count). The minimum absolute atomic E-state index is 0.0497. The largest absolute Gasteiger partial charge is 0.291 e. The Balaban J connectivity index is 2.57. The second kappa shape index (κ2) is 7.29. The Bertz CT molecular complexity index is 891. The zero-order valence-electron chi connectivity index (χ0n) is 13.6. The number of benzene rings is 1. The number of Topliss-reactive ketones (excluding diaryl/α,β-unsaturated/α-hetero) is 1. The first kappa shape index (κ1) is 19.7. The SMILES string of the molecule is CCS(=O)(=O)c1cc(-c2ccc(C(C)(F)F)cc2)cnc1C(=O)CBr. The Hall–Kier alpha value is -1.67. The minimum Gasteiger partial charge on any atom is -0.291 e. The topological polar surface area (TPSA) is 64.1 Å². The van der Waals surface area contributed by atoms with Gasteiger partial charge < -0.3 is 0 Å². The smallest absolute Gasteiger partial charge is 0.270 e. The van der Waals surface area contributed by atoms with Crippen molar-refractivity contribution in [2.45, 2.75) is 24.7 Å². The van der Waals surface area contributed by atoms with E-state index in [1.807, 2.05) is 0 Å². The highest BCUT2D eigenvalue weighted by Crippen LogP contribution is 2.30. The van der Waals surface area contributed by atoms with Gasteiger partial charge in [-0.25, -0.2) is 17.2 Å². The second-order valence-corrected chi connectivity index (χ2v) is 8.30. The number of nitrogens with zero attached hydrogens (tertiary/aromatic N) is 1. The van der Waals surface area contributed by atoms with E-state index in [1.165, 1.54) is 43.5 Å². The van der Waals surface area contributed by atoms with Gasteiger partial charge in [0.15, 0.2) is 15.6 Å². The summed E-state index contributed by atoms with van der Waals surface area (Å²) in [6, 6.07) is 6.86. The molecule has 4 nitrogen and oxygen atoms in total. The number of rotatable bonds is 6. The number of ketones is 1. The predicted molar refractivity (Wildman–Crippen MR) is 95.1 cm³/mol. The van der Waals surface area contributed by atoms with Crippen LogP contribution in [-0.4, -0.2) is 30.3 Å². The van der Waals surface area contributed by atoms with Crippen molar-refractivity contribution in [2.24, 2.45) is 0 Å². The summed E-state index contributed by atoms with van der Waals surface area (Å²) >= 11 is 3.01. The summed E-state index contributed by atoms with van der Waals surface area (Å²) in [6.07, 6.45) is 1.36. The van der Waals surface area contributed by atoms with Crippen molar-refractivity contribution in [3.05, 3.63) is 47.8 Å². The van der Waals surface area contributed by atoms with Crippen LogP contribution in [0.15, 0.2) is 41.4 Å². The molecular formula is C17H16BrF2NO3S. The number of halogens is 3. The summed E-state index contributed by atoms with van der Waals surface area (Å²) in [5.74, 6) is -3.58. The van der Waals surface area contributed by atoms with Crippen LogP contribution < -0.4 is 0 Å². The van der Waals surface area contributed by atoms with Crippen LogP contribution in [0.1, 0.15) is 29.9 Å². The van der Waals surface area contributed by atoms with Gasteiger partial charge in [0.25, 0.3) is 5.92 Å². The van der Waals surface area contributed by atoms with E-state index >= 15 is 0 Å². The predicted octanol–water partition coefficient (Wildman–Crippen LogP) is 4.23. The molecule has 0 saturated heterocycles. The first-order valence-corrected chi connectivity index (χ1v) is 10.2. The molecule has 1 aromatic heterocycles. The molecule has 0 bridgehead atoms. The third-order valence-electron chi connectivity index (χ3n) is 3.68. The molecule has 2 aromatic rings. The average molecular weight is 432 g/mol. The van der Waals surface area contributed by atoms with Crippen molar-refractivity contribution in [3.63, 3.8) is 0 Å². The molecule has 0 N–H and O–H groups in total. The zero-order valence-corrected chi connectivity index (χ0v) is 16.0. The van der Waals surface area contributed by atoms with Crippen LogP contribution in [0.2, 0.25) is 0 Å². The van der Waals surface area contributed by atoms with Crippen LogP contribution in [0, 0.1) is 0 Å². The summed E-state index contributed by atoms with van der Waals surface area (Å²) in [4.78, 5) is 15.8. The molecule has 0 amide bonds. The first-order chi connectivity index (χ1) is 11.6. The molecule has 0 aliphatic rings. The molecule has 134 valence electrons. The first-order valence-electron chi connectivity index (χ1n) is 7.41. The molecule has 25 heavy (non-hydrogen) atoms. The lowest BCUT2D eigenvalue weighted by molar-refractivity contribution is 0.0175. The van der Waals surface area contributed by atoms with Gasteiger partial charge in [0.05, 0.1) is 16.0 Å². The summed E-state index contributed by atoms with van der Waals surface area (Å²) < 4.78 is 51.2. The monoisotopic (exact) mass is 431 g/mol. The molecule has 0 unspecified atom stereocenters. The molecule has 0 spiro atoms. The van der Waals surface area contributed by atoms with Crippen molar-refractivity contribution in [1.29, 1.82) is 0 Å². The van der Waals surface area contributed by atoms with Gasteiger partial charge in [-0.1, -0.05) is 47.1 Å². The van der Waals surface area contributed by atoms with Crippen LogP contribution in [0.5, 0.6) is 0 Å². The fourth-order valence-corrected chi connectivity index (χ4v) is 3.57. The van der Waals surface area contributed by atoms with Gasteiger partial charge in [-0.15, -0.1) is 0 Å².